The van der Waals surface area contributed by atoms with Gasteiger partial charge in [-0.05, 0) is 51.3 Å². The smallest absolute Gasteiger partial charge is 0.230 e. The highest BCUT2D eigenvalue weighted by molar-refractivity contribution is 7.89. The van der Waals surface area contributed by atoms with Crippen molar-refractivity contribution in [3.05, 3.63) is 29.8 Å². The first-order valence-corrected chi connectivity index (χ1v) is 11.2. The number of benzene rings is 1. The highest BCUT2D eigenvalue weighted by Crippen LogP contribution is 2.27. The second kappa shape index (κ2) is 9.34. The van der Waals surface area contributed by atoms with Gasteiger partial charge < -0.3 is 4.90 Å². The molecule has 1 aliphatic rings. The van der Waals surface area contributed by atoms with Gasteiger partial charge in [-0.15, -0.1) is 0 Å². The Labute approximate surface area is 162 Å². The zero-order valence-electron chi connectivity index (χ0n) is 16.4. The fraction of sp³-hybridized carbons (Fsp3) is 0.600. The van der Waals surface area contributed by atoms with Gasteiger partial charge in [-0.1, -0.05) is 19.4 Å². The molecular formula is C20H29N3O3S. The number of anilines is 1. The van der Waals surface area contributed by atoms with E-state index >= 15 is 0 Å². The van der Waals surface area contributed by atoms with Gasteiger partial charge in [0, 0.05) is 30.7 Å². The highest BCUT2D eigenvalue weighted by Gasteiger charge is 2.34. The molecule has 0 N–H and O–H groups in total. The van der Waals surface area contributed by atoms with Crippen LogP contribution in [0.15, 0.2) is 24.3 Å². The van der Waals surface area contributed by atoms with Gasteiger partial charge in [0.25, 0.3) is 0 Å². The lowest BCUT2D eigenvalue weighted by Gasteiger charge is -2.35. The molecule has 0 saturated carbocycles. The molecular weight excluding hydrogens is 362 g/mol. The molecule has 1 aromatic carbocycles. The topological polar surface area (TPSA) is 81.5 Å². The quantitative estimate of drug-likeness (QED) is 0.715. The summed E-state index contributed by atoms with van der Waals surface area (Å²) in [6.45, 7) is 6.66. The van der Waals surface area contributed by atoms with Gasteiger partial charge in [-0.2, -0.15) is 5.26 Å². The maximum absolute atomic E-state index is 13.1. The fourth-order valence-electron chi connectivity index (χ4n) is 3.44. The van der Waals surface area contributed by atoms with Crippen LogP contribution in [0.25, 0.3) is 0 Å². The van der Waals surface area contributed by atoms with E-state index in [0.717, 1.165) is 6.42 Å². The van der Waals surface area contributed by atoms with Crippen LogP contribution in [0.2, 0.25) is 0 Å². The van der Waals surface area contributed by atoms with Gasteiger partial charge in [-0.3, -0.25) is 4.79 Å². The van der Waals surface area contributed by atoms with Crippen LogP contribution in [0, 0.1) is 17.2 Å². The number of unbranched alkanes of at least 4 members (excludes halogenated alkanes) is 1. The molecule has 0 radical (unpaired) electrons. The summed E-state index contributed by atoms with van der Waals surface area (Å²) in [6, 6.07) is 9.12. The molecule has 1 amide bonds. The molecule has 148 valence electrons. The van der Waals surface area contributed by atoms with E-state index in [1.54, 1.807) is 23.1 Å². The first-order chi connectivity index (χ1) is 12.8. The first-order valence-electron chi connectivity index (χ1n) is 9.61. The minimum absolute atomic E-state index is 0.00527. The Kier molecular flexibility index (Phi) is 7.40. The first kappa shape index (κ1) is 21.4. The minimum Gasteiger partial charge on any atom is -0.310 e. The van der Waals surface area contributed by atoms with Crippen LogP contribution in [-0.4, -0.2) is 43.5 Å². The van der Waals surface area contributed by atoms with Crippen molar-refractivity contribution in [2.75, 3.05) is 23.7 Å². The van der Waals surface area contributed by atoms with E-state index in [0.29, 0.717) is 43.6 Å². The zero-order chi connectivity index (χ0) is 20.0. The van der Waals surface area contributed by atoms with Crippen molar-refractivity contribution >= 4 is 21.6 Å². The Balaban J connectivity index is 2.09. The molecule has 7 heteroatoms. The van der Waals surface area contributed by atoms with Crippen molar-refractivity contribution in [1.82, 2.24) is 4.31 Å². The average Bonchev–Trinajstić information content (AvgIpc) is 2.66. The molecule has 6 nitrogen and oxygen atoms in total. The summed E-state index contributed by atoms with van der Waals surface area (Å²) in [4.78, 5) is 14.9. The number of piperidine rings is 1. The summed E-state index contributed by atoms with van der Waals surface area (Å²) in [6.07, 6.45) is 2.58. The van der Waals surface area contributed by atoms with Gasteiger partial charge in [-0.25, -0.2) is 12.7 Å². The number of sulfonamides is 1. The second-order valence-electron chi connectivity index (χ2n) is 7.31. The molecule has 0 atom stereocenters. The average molecular weight is 392 g/mol. The van der Waals surface area contributed by atoms with Crippen molar-refractivity contribution in [2.45, 2.75) is 52.5 Å². The lowest BCUT2D eigenvalue weighted by Crippen LogP contribution is -2.47. The van der Waals surface area contributed by atoms with Gasteiger partial charge in [0.15, 0.2) is 0 Å². The number of rotatable bonds is 7. The summed E-state index contributed by atoms with van der Waals surface area (Å²) in [5, 5.41) is 9.12. The lowest BCUT2D eigenvalue weighted by atomic mass is 9.95. The molecule has 1 aliphatic heterocycles. The van der Waals surface area contributed by atoms with Crippen LogP contribution in [0.5, 0.6) is 0 Å². The van der Waals surface area contributed by atoms with Gasteiger partial charge in [0.2, 0.25) is 15.9 Å². The highest BCUT2D eigenvalue weighted by atomic mass is 32.2. The predicted molar refractivity (Wildman–Crippen MR) is 107 cm³/mol. The van der Waals surface area contributed by atoms with Crippen LogP contribution in [0.3, 0.4) is 0 Å². The van der Waals surface area contributed by atoms with Crippen LogP contribution >= 0.6 is 0 Å². The van der Waals surface area contributed by atoms with Crippen molar-refractivity contribution in [1.29, 1.82) is 5.26 Å². The third kappa shape index (κ3) is 5.30. The third-order valence-electron chi connectivity index (χ3n) is 4.96. The zero-order valence-corrected chi connectivity index (χ0v) is 17.2. The number of nitrogens with zero attached hydrogens (tertiary/aromatic N) is 3. The molecule has 2 rings (SSSR count). The summed E-state index contributed by atoms with van der Waals surface area (Å²) in [5.41, 5.74) is 1.23. The Morgan fingerprint density at radius 3 is 2.56 bits per heavy atom. The second-order valence-corrected chi connectivity index (χ2v) is 9.40. The molecule has 0 spiro atoms. The van der Waals surface area contributed by atoms with Crippen LogP contribution in [0.1, 0.15) is 52.0 Å². The van der Waals surface area contributed by atoms with E-state index < -0.39 is 10.0 Å². The maximum atomic E-state index is 13.1. The van der Waals surface area contributed by atoms with E-state index in [2.05, 4.69) is 6.07 Å². The van der Waals surface area contributed by atoms with Crippen LogP contribution < -0.4 is 4.90 Å². The largest absolute Gasteiger partial charge is 0.310 e. The van der Waals surface area contributed by atoms with E-state index in [1.807, 2.05) is 26.8 Å². The Hall–Kier alpha value is -1.91. The number of carbonyl (C=O) groups excluding carboxylic acids is 1. The Bertz CT molecular complexity index is 791. The molecule has 1 heterocycles. The summed E-state index contributed by atoms with van der Waals surface area (Å²) in [7, 11) is -3.22. The van der Waals surface area contributed by atoms with E-state index in [-0.39, 0.29) is 23.6 Å². The van der Waals surface area contributed by atoms with Crippen molar-refractivity contribution in [3.8, 4) is 6.07 Å². The number of carbonyl (C=O) groups is 1. The number of hydrogen-bond donors (Lipinski definition) is 0. The molecule has 0 bridgehead atoms. The standard InChI is InChI=1S/C20H29N3O3S/c1-4-5-13-27(25,26)22-11-9-18(10-12-22)20(24)23(16(2)3)19-8-6-7-17(14-19)15-21/h6-8,14,16,18H,4-5,9-13H2,1-3H3. The lowest BCUT2D eigenvalue weighted by molar-refractivity contribution is -0.123. The van der Waals surface area contributed by atoms with E-state index in [1.165, 1.54) is 4.31 Å². The molecule has 0 aromatic heterocycles. The third-order valence-corrected chi connectivity index (χ3v) is 6.92. The Morgan fingerprint density at radius 1 is 1.33 bits per heavy atom. The minimum atomic E-state index is -3.22. The van der Waals surface area contributed by atoms with Crippen LogP contribution in [0.4, 0.5) is 5.69 Å². The molecule has 27 heavy (non-hydrogen) atoms. The van der Waals surface area contributed by atoms with Gasteiger partial charge >= 0.3 is 0 Å². The monoisotopic (exact) mass is 391 g/mol. The molecule has 1 saturated heterocycles. The van der Waals surface area contributed by atoms with Crippen LogP contribution in [-0.2, 0) is 14.8 Å². The van der Waals surface area contributed by atoms with Gasteiger partial charge in [0.1, 0.15) is 0 Å². The summed E-state index contributed by atoms with van der Waals surface area (Å²) < 4.78 is 26.2. The molecule has 0 unspecified atom stereocenters. The molecule has 1 fully saturated rings. The SMILES string of the molecule is CCCCS(=O)(=O)N1CCC(C(=O)N(c2cccc(C#N)c2)C(C)C)CC1. The summed E-state index contributed by atoms with van der Waals surface area (Å²) in [5.74, 6) is -0.0114. The van der Waals surface area contributed by atoms with Gasteiger partial charge in [0.05, 0.1) is 17.4 Å². The van der Waals surface area contributed by atoms with E-state index in [9.17, 15) is 13.2 Å². The van der Waals surface area contributed by atoms with E-state index in [4.69, 9.17) is 5.26 Å². The predicted octanol–water partition coefficient (Wildman–Crippen LogP) is 3.14. The normalized spacial score (nSPS) is 16.3. The van der Waals surface area contributed by atoms with Crippen molar-refractivity contribution in [2.24, 2.45) is 5.92 Å². The molecule has 0 aliphatic carbocycles. The number of nitriles is 1. The van der Waals surface area contributed by atoms with Crippen molar-refractivity contribution in [3.63, 3.8) is 0 Å². The fourth-order valence-corrected chi connectivity index (χ4v) is 5.12. The maximum Gasteiger partial charge on any atom is 0.230 e. The summed E-state index contributed by atoms with van der Waals surface area (Å²) >= 11 is 0. The Morgan fingerprint density at radius 2 is 2.00 bits per heavy atom. The van der Waals surface area contributed by atoms with Crippen molar-refractivity contribution < 1.29 is 13.2 Å². The molecule has 1 aromatic rings. The number of hydrogen-bond acceptors (Lipinski definition) is 4. The number of amides is 1.